The second-order valence-corrected chi connectivity index (χ2v) is 5.24. The summed E-state index contributed by atoms with van der Waals surface area (Å²) in [4.78, 5) is 11.5. The molecule has 0 saturated heterocycles. The monoisotopic (exact) mass is 233 g/mol. The lowest BCUT2D eigenvalue weighted by Gasteiger charge is -2.14. The second-order valence-electron chi connectivity index (χ2n) is 4.01. The highest BCUT2D eigenvalue weighted by Gasteiger charge is 2.15. The number of nitrogens with one attached hydrogen (secondary N) is 1. The van der Waals surface area contributed by atoms with Crippen molar-refractivity contribution >= 4 is 17.7 Å². The molecule has 0 aromatic rings. The van der Waals surface area contributed by atoms with Gasteiger partial charge in [-0.05, 0) is 18.1 Å². The Balaban J connectivity index is 3.39. The Labute approximate surface area is 97.0 Å². The number of aliphatic hydroxyl groups is 1. The standard InChI is InChI=1S/C11H23NO2S/c1-9(2)10(3)11(14)12-5-8-15-7-4-6-13/h9-10,13H,4-8H2,1-3H3,(H,12,14). The maximum atomic E-state index is 11.5. The smallest absolute Gasteiger partial charge is 0.223 e. The molecule has 0 aromatic heterocycles. The van der Waals surface area contributed by atoms with E-state index in [9.17, 15) is 4.79 Å². The molecule has 0 aliphatic rings. The van der Waals surface area contributed by atoms with E-state index in [1.54, 1.807) is 11.8 Å². The normalized spacial score (nSPS) is 12.9. The van der Waals surface area contributed by atoms with Gasteiger partial charge in [-0.1, -0.05) is 20.8 Å². The van der Waals surface area contributed by atoms with Crippen LogP contribution in [0.2, 0.25) is 0 Å². The van der Waals surface area contributed by atoms with Crippen molar-refractivity contribution in [3.63, 3.8) is 0 Å². The third-order valence-corrected chi connectivity index (χ3v) is 3.48. The van der Waals surface area contributed by atoms with Crippen LogP contribution in [-0.2, 0) is 4.79 Å². The van der Waals surface area contributed by atoms with Gasteiger partial charge in [0.2, 0.25) is 5.91 Å². The number of amides is 1. The van der Waals surface area contributed by atoms with Crippen molar-refractivity contribution in [2.75, 3.05) is 24.7 Å². The van der Waals surface area contributed by atoms with E-state index in [2.05, 4.69) is 19.2 Å². The number of thioether (sulfide) groups is 1. The minimum atomic E-state index is 0.0902. The summed E-state index contributed by atoms with van der Waals surface area (Å²) in [5.41, 5.74) is 0. The van der Waals surface area contributed by atoms with Gasteiger partial charge in [0.1, 0.15) is 0 Å². The van der Waals surface area contributed by atoms with Crippen LogP contribution in [0.4, 0.5) is 0 Å². The minimum absolute atomic E-state index is 0.0902. The van der Waals surface area contributed by atoms with Gasteiger partial charge >= 0.3 is 0 Å². The van der Waals surface area contributed by atoms with Crippen LogP contribution >= 0.6 is 11.8 Å². The Morgan fingerprint density at radius 1 is 1.33 bits per heavy atom. The van der Waals surface area contributed by atoms with Crippen molar-refractivity contribution in [3.8, 4) is 0 Å². The van der Waals surface area contributed by atoms with Gasteiger partial charge in [-0.2, -0.15) is 11.8 Å². The highest BCUT2D eigenvalue weighted by Crippen LogP contribution is 2.09. The molecule has 0 rings (SSSR count). The second kappa shape index (κ2) is 9.04. The Hall–Kier alpha value is -0.220. The van der Waals surface area contributed by atoms with Gasteiger partial charge in [-0.25, -0.2) is 0 Å². The van der Waals surface area contributed by atoms with Gasteiger partial charge in [0.25, 0.3) is 0 Å². The number of carbonyl (C=O) groups is 1. The Bertz CT molecular complexity index is 174. The Kier molecular flexibility index (Phi) is 8.91. The molecule has 0 aliphatic heterocycles. The van der Waals surface area contributed by atoms with E-state index in [1.807, 2.05) is 6.92 Å². The molecule has 2 N–H and O–H groups in total. The number of rotatable bonds is 8. The molecular weight excluding hydrogens is 210 g/mol. The van der Waals surface area contributed by atoms with E-state index in [-0.39, 0.29) is 18.4 Å². The first-order chi connectivity index (χ1) is 7.09. The summed E-state index contributed by atoms with van der Waals surface area (Å²) in [6.45, 7) is 7.05. The van der Waals surface area contributed by atoms with Crippen LogP contribution in [-0.4, -0.2) is 35.7 Å². The minimum Gasteiger partial charge on any atom is -0.396 e. The molecule has 90 valence electrons. The average molecular weight is 233 g/mol. The molecular formula is C11H23NO2S. The van der Waals surface area contributed by atoms with Gasteiger partial charge in [0.15, 0.2) is 0 Å². The van der Waals surface area contributed by atoms with E-state index in [0.717, 1.165) is 24.5 Å². The summed E-state index contributed by atoms with van der Waals surface area (Å²) in [7, 11) is 0. The fourth-order valence-electron chi connectivity index (χ4n) is 0.979. The molecule has 0 spiro atoms. The quantitative estimate of drug-likeness (QED) is 0.625. The van der Waals surface area contributed by atoms with Crippen LogP contribution in [0.1, 0.15) is 27.2 Å². The molecule has 0 aliphatic carbocycles. The molecule has 4 heteroatoms. The Morgan fingerprint density at radius 2 is 2.00 bits per heavy atom. The number of hydrogen-bond acceptors (Lipinski definition) is 3. The molecule has 0 bridgehead atoms. The predicted molar refractivity (Wildman–Crippen MR) is 66.0 cm³/mol. The topological polar surface area (TPSA) is 49.3 Å². The maximum absolute atomic E-state index is 11.5. The molecule has 0 aromatic carbocycles. The zero-order valence-electron chi connectivity index (χ0n) is 9.95. The van der Waals surface area contributed by atoms with Crippen LogP contribution < -0.4 is 5.32 Å². The van der Waals surface area contributed by atoms with E-state index < -0.39 is 0 Å². The molecule has 1 unspecified atom stereocenters. The largest absolute Gasteiger partial charge is 0.396 e. The van der Waals surface area contributed by atoms with E-state index >= 15 is 0 Å². The number of aliphatic hydroxyl groups excluding tert-OH is 1. The molecule has 0 radical (unpaired) electrons. The van der Waals surface area contributed by atoms with Gasteiger partial charge in [0, 0.05) is 24.8 Å². The fourth-order valence-corrected chi connectivity index (χ4v) is 1.76. The van der Waals surface area contributed by atoms with Gasteiger partial charge in [-0.3, -0.25) is 4.79 Å². The molecule has 0 saturated carbocycles. The molecule has 1 atom stereocenters. The highest BCUT2D eigenvalue weighted by atomic mass is 32.2. The molecule has 0 fully saturated rings. The molecule has 0 heterocycles. The number of carbonyl (C=O) groups excluding carboxylic acids is 1. The van der Waals surface area contributed by atoms with E-state index in [4.69, 9.17) is 5.11 Å². The summed E-state index contributed by atoms with van der Waals surface area (Å²) in [5, 5.41) is 11.5. The van der Waals surface area contributed by atoms with Crippen molar-refractivity contribution in [1.82, 2.24) is 5.32 Å². The lowest BCUT2D eigenvalue weighted by molar-refractivity contribution is -0.125. The van der Waals surface area contributed by atoms with Gasteiger partial charge in [-0.15, -0.1) is 0 Å². The summed E-state index contributed by atoms with van der Waals surface area (Å²) < 4.78 is 0. The van der Waals surface area contributed by atoms with Crippen molar-refractivity contribution in [2.45, 2.75) is 27.2 Å². The predicted octanol–water partition coefficient (Wildman–Crippen LogP) is 1.51. The van der Waals surface area contributed by atoms with Crippen molar-refractivity contribution in [3.05, 3.63) is 0 Å². The maximum Gasteiger partial charge on any atom is 0.223 e. The third-order valence-electron chi connectivity index (χ3n) is 2.41. The van der Waals surface area contributed by atoms with E-state index in [0.29, 0.717) is 5.92 Å². The van der Waals surface area contributed by atoms with Gasteiger partial charge in [0.05, 0.1) is 0 Å². The lowest BCUT2D eigenvalue weighted by Crippen LogP contribution is -2.33. The van der Waals surface area contributed by atoms with Crippen LogP contribution in [0, 0.1) is 11.8 Å². The zero-order chi connectivity index (χ0) is 11.7. The van der Waals surface area contributed by atoms with Crippen LogP contribution in [0.3, 0.4) is 0 Å². The summed E-state index contributed by atoms with van der Waals surface area (Å²) in [5.74, 6) is 2.52. The summed E-state index contributed by atoms with van der Waals surface area (Å²) in [6.07, 6.45) is 0.834. The summed E-state index contributed by atoms with van der Waals surface area (Å²) in [6, 6.07) is 0. The first-order valence-electron chi connectivity index (χ1n) is 5.56. The van der Waals surface area contributed by atoms with Gasteiger partial charge < -0.3 is 10.4 Å². The first kappa shape index (κ1) is 14.8. The highest BCUT2D eigenvalue weighted by molar-refractivity contribution is 7.99. The Morgan fingerprint density at radius 3 is 2.53 bits per heavy atom. The van der Waals surface area contributed by atoms with Crippen LogP contribution in [0.25, 0.3) is 0 Å². The van der Waals surface area contributed by atoms with Crippen molar-refractivity contribution in [1.29, 1.82) is 0 Å². The van der Waals surface area contributed by atoms with E-state index in [1.165, 1.54) is 0 Å². The fraction of sp³-hybridized carbons (Fsp3) is 0.909. The average Bonchev–Trinajstić information content (AvgIpc) is 2.21. The SMILES string of the molecule is CC(C)C(C)C(=O)NCCSCCCO. The third kappa shape index (κ3) is 7.68. The molecule has 1 amide bonds. The lowest BCUT2D eigenvalue weighted by atomic mass is 9.97. The zero-order valence-corrected chi connectivity index (χ0v) is 10.8. The molecule has 15 heavy (non-hydrogen) atoms. The van der Waals surface area contributed by atoms with Crippen LogP contribution in [0.15, 0.2) is 0 Å². The molecule has 3 nitrogen and oxygen atoms in total. The first-order valence-corrected chi connectivity index (χ1v) is 6.71. The van der Waals surface area contributed by atoms with Crippen molar-refractivity contribution < 1.29 is 9.90 Å². The number of hydrogen-bond donors (Lipinski definition) is 2. The van der Waals surface area contributed by atoms with Crippen molar-refractivity contribution in [2.24, 2.45) is 11.8 Å². The van der Waals surface area contributed by atoms with Crippen LogP contribution in [0.5, 0.6) is 0 Å². The summed E-state index contributed by atoms with van der Waals surface area (Å²) >= 11 is 1.77.